The van der Waals surface area contributed by atoms with Gasteiger partial charge in [-0.1, -0.05) is 6.42 Å². The highest BCUT2D eigenvalue weighted by atomic mass is 32.1. The number of hydrogen-bond acceptors (Lipinski definition) is 4. The van der Waals surface area contributed by atoms with Gasteiger partial charge in [0.05, 0.1) is 16.6 Å². The lowest BCUT2D eigenvalue weighted by molar-refractivity contribution is -0.186. The number of hydrazine groups is 1. The van der Waals surface area contributed by atoms with Gasteiger partial charge in [-0.3, -0.25) is 11.3 Å². The molecule has 3 N–H and O–H groups in total. The molecule has 114 valence electrons. The van der Waals surface area contributed by atoms with Gasteiger partial charge >= 0.3 is 6.18 Å². The highest BCUT2D eigenvalue weighted by Gasteiger charge is 2.43. The first kappa shape index (κ1) is 15.7. The predicted octanol–water partition coefficient (Wildman–Crippen LogP) is 3.19. The zero-order chi connectivity index (χ0) is 14.8. The van der Waals surface area contributed by atoms with Crippen LogP contribution in [0.2, 0.25) is 0 Å². The molecule has 0 radical (unpaired) electrons. The van der Waals surface area contributed by atoms with E-state index >= 15 is 0 Å². The van der Waals surface area contributed by atoms with Gasteiger partial charge in [0, 0.05) is 17.8 Å². The molecule has 0 amide bonds. The molecule has 0 aliphatic heterocycles. The Balaban J connectivity index is 2.00. The Morgan fingerprint density at radius 1 is 1.50 bits per heavy atom. The van der Waals surface area contributed by atoms with Crippen molar-refractivity contribution in [3.05, 3.63) is 16.1 Å². The van der Waals surface area contributed by atoms with Gasteiger partial charge < -0.3 is 0 Å². The molecule has 1 heterocycles. The van der Waals surface area contributed by atoms with Crippen LogP contribution in [0.15, 0.2) is 5.38 Å². The van der Waals surface area contributed by atoms with Gasteiger partial charge in [0.2, 0.25) is 0 Å². The van der Waals surface area contributed by atoms with Crippen LogP contribution < -0.4 is 11.3 Å². The van der Waals surface area contributed by atoms with Crippen LogP contribution in [0, 0.1) is 18.8 Å². The first-order valence-electron chi connectivity index (χ1n) is 6.84. The Morgan fingerprint density at radius 3 is 2.80 bits per heavy atom. The predicted molar refractivity (Wildman–Crippen MR) is 73.2 cm³/mol. The summed E-state index contributed by atoms with van der Waals surface area (Å²) in [5.41, 5.74) is 3.61. The summed E-state index contributed by atoms with van der Waals surface area (Å²) >= 11 is 1.55. The lowest BCUT2D eigenvalue weighted by Gasteiger charge is -2.34. The van der Waals surface area contributed by atoms with Crippen molar-refractivity contribution in [2.45, 2.75) is 51.2 Å². The number of nitrogens with one attached hydrogen (secondary N) is 1. The smallest absolute Gasteiger partial charge is 0.271 e. The van der Waals surface area contributed by atoms with Crippen molar-refractivity contribution >= 4 is 11.3 Å². The number of halogens is 3. The maximum Gasteiger partial charge on any atom is 0.391 e. The third-order valence-corrected chi connectivity index (χ3v) is 4.88. The number of nitrogens with zero attached hydrogens (tertiary/aromatic N) is 1. The fourth-order valence-corrected chi connectivity index (χ4v) is 3.60. The highest BCUT2D eigenvalue weighted by Crippen LogP contribution is 2.41. The quantitative estimate of drug-likeness (QED) is 0.663. The average molecular weight is 307 g/mol. The molecule has 0 bridgehead atoms. The number of hydrogen-bond donors (Lipinski definition) is 2. The standard InChI is InChI=1S/C13H20F3N3S/c1-8-18-11(7-20-8)6-12(19-17)9-3-2-4-10(5-9)13(14,15)16/h7,9-10,12,19H,2-6,17H2,1H3. The van der Waals surface area contributed by atoms with E-state index in [0.29, 0.717) is 12.8 Å². The lowest BCUT2D eigenvalue weighted by atomic mass is 9.76. The molecule has 3 nitrogen and oxygen atoms in total. The Bertz CT molecular complexity index is 433. The number of rotatable bonds is 4. The number of alkyl halides is 3. The van der Waals surface area contributed by atoms with Crippen molar-refractivity contribution in [1.29, 1.82) is 0 Å². The summed E-state index contributed by atoms with van der Waals surface area (Å²) in [6.45, 7) is 1.92. The summed E-state index contributed by atoms with van der Waals surface area (Å²) in [7, 11) is 0. The zero-order valence-corrected chi connectivity index (χ0v) is 12.2. The van der Waals surface area contributed by atoms with E-state index in [1.54, 1.807) is 11.3 Å². The normalized spacial score (nSPS) is 25.6. The minimum Gasteiger partial charge on any atom is -0.271 e. The third kappa shape index (κ3) is 3.93. The molecule has 3 atom stereocenters. The minimum atomic E-state index is -4.09. The van der Waals surface area contributed by atoms with Crippen molar-refractivity contribution in [3.63, 3.8) is 0 Å². The molecule has 2 rings (SSSR count). The molecule has 0 aromatic carbocycles. The fourth-order valence-electron chi connectivity index (χ4n) is 2.98. The van der Waals surface area contributed by atoms with Gasteiger partial charge in [-0.25, -0.2) is 4.98 Å². The van der Waals surface area contributed by atoms with Gasteiger partial charge in [0.15, 0.2) is 0 Å². The molecule has 7 heteroatoms. The number of aryl methyl sites for hydroxylation is 1. The molecule has 1 aliphatic rings. The molecule has 1 aromatic heterocycles. The first-order valence-corrected chi connectivity index (χ1v) is 7.72. The Labute approximate surface area is 120 Å². The van der Waals surface area contributed by atoms with Gasteiger partial charge in [-0.2, -0.15) is 13.2 Å². The summed E-state index contributed by atoms with van der Waals surface area (Å²) in [5, 5.41) is 2.91. The fraction of sp³-hybridized carbons (Fsp3) is 0.769. The van der Waals surface area contributed by atoms with E-state index in [0.717, 1.165) is 17.1 Å². The molecular formula is C13H20F3N3S. The highest BCUT2D eigenvalue weighted by molar-refractivity contribution is 7.09. The molecule has 1 aliphatic carbocycles. The van der Waals surface area contributed by atoms with Crippen LogP contribution in [-0.2, 0) is 6.42 Å². The minimum absolute atomic E-state index is 0.0395. The zero-order valence-electron chi connectivity index (χ0n) is 11.4. The number of aromatic nitrogens is 1. The summed E-state index contributed by atoms with van der Waals surface area (Å²) in [6.07, 6.45) is -1.67. The van der Waals surface area contributed by atoms with Crippen LogP contribution >= 0.6 is 11.3 Å². The van der Waals surface area contributed by atoms with Crippen LogP contribution in [0.4, 0.5) is 13.2 Å². The first-order chi connectivity index (χ1) is 9.40. The van der Waals surface area contributed by atoms with Gasteiger partial charge in [0.1, 0.15) is 0 Å². The van der Waals surface area contributed by atoms with Crippen LogP contribution in [0.5, 0.6) is 0 Å². The SMILES string of the molecule is Cc1nc(CC(NN)C2CCCC(C(F)(F)F)C2)cs1. The lowest BCUT2D eigenvalue weighted by Crippen LogP contribution is -2.45. The van der Waals surface area contributed by atoms with E-state index in [4.69, 9.17) is 5.84 Å². The van der Waals surface area contributed by atoms with Crippen LogP contribution in [0.3, 0.4) is 0 Å². The molecule has 3 unspecified atom stereocenters. The maximum absolute atomic E-state index is 12.8. The average Bonchev–Trinajstić information content (AvgIpc) is 2.81. The van der Waals surface area contributed by atoms with E-state index in [-0.39, 0.29) is 24.8 Å². The molecule has 1 saturated carbocycles. The topological polar surface area (TPSA) is 50.9 Å². The summed E-state index contributed by atoms with van der Waals surface area (Å²) < 4.78 is 38.5. The van der Waals surface area contributed by atoms with Crippen molar-refractivity contribution in [1.82, 2.24) is 10.4 Å². The van der Waals surface area contributed by atoms with Crippen molar-refractivity contribution in [2.75, 3.05) is 0 Å². The molecule has 1 fully saturated rings. The van der Waals surface area contributed by atoms with Gasteiger partial charge in [-0.15, -0.1) is 11.3 Å². The largest absolute Gasteiger partial charge is 0.391 e. The van der Waals surface area contributed by atoms with E-state index in [9.17, 15) is 13.2 Å². The van der Waals surface area contributed by atoms with E-state index in [1.165, 1.54) is 0 Å². The second kappa shape index (κ2) is 6.41. The van der Waals surface area contributed by atoms with Crippen molar-refractivity contribution in [2.24, 2.45) is 17.7 Å². The van der Waals surface area contributed by atoms with Crippen LogP contribution in [-0.4, -0.2) is 17.2 Å². The van der Waals surface area contributed by atoms with Crippen LogP contribution in [0.1, 0.15) is 36.4 Å². The monoisotopic (exact) mass is 307 g/mol. The Morgan fingerprint density at radius 2 is 2.25 bits per heavy atom. The molecule has 20 heavy (non-hydrogen) atoms. The third-order valence-electron chi connectivity index (χ3n) is 4.06. The maximum atomic E-state index is 12.8. The Kier molecular flexibility index (Phi) is 5.04. The van der Waals surface area contributed by atoms with Gasteiger partial charge in [-0.05, 0) is 32.1 Å². The Hall–Kier alpha value is -0.660. The van der Waals surface area contributed by atoms with Crippen molar-refractivity contribution in [3.8, 4) is 0 Å². The van der Waals surface area contributed by atoms with E-state index in [1.807, 2.05) is 12.3 Å². The summed E-state index contributed by atoms with van der Waals surface area (Å²) in [4.78, 5) is 4.36. The number of nitrogens with two attached hydrogens (primary N) is 1. The van der Waals surface area contributed by atoms with Crippen LogP contribution in [0.25, 0.3) is 0 Å². The second-order valence-corrected chi connectivity index (χ2v) is 6.56. The number of thiazole rings is 1. The van der Waals surface area contributed by atoms with E-state index < -0.39 is 12.1 Å². The summed E-state index contributed by atoms with van der Waals surface area (Å²) in [5.74, 6) is 4.33. The van der Waals surface area contributed by atoms with Crippen molar-refractivity contribution < 1.29 is 13.2 Å². The molecule has 0 spiro atoms. The second-order valence-electron chi connectivity index (χ2n) is 5.50. The molecular weight excluding hydrogens is 287 g/mol. The van der Waals surface area contributed by atoms with Gasteiger partial charge in [0.25, 0.3) is 0 Å². The molecule has 1 aromatic rings. The summed E-state index contributed by atoms with van der Waals surface area (Å²) in [6, 6.07) is -0.137. The molecule has 0 saturated heterocycles. The van der Waals surface area contributed by atoms with E-state index in [2.05, 4.69) is 10.4 Å².